The molecule has 0 spiro atoms. The van der Waals surface area contributed by atoms with Gasteiger partial charge in [0, 0.05) is 5.69 Å². The number of fused-ring (bicyclic) bond motifs is 1. The van der Waals surface area contributed by atoms with Gasteiger partial charge in [-0.25, -0.2) is 4.98 Å². The van der Waals surface area contributed by atoms with Gasteiger partial charge in [0.05, 0.1) is 33.8 Å². The van der Waals surface area contributed by atoms with Gasteiger partial charge in [-0.1, -0.05) is 29.3 Å². The Hall–Kier alpha value is -2.41. The molecule has 2 aromatic carbocycles. The van der Waals surface area contributed by atoms with Crippen LogP contribution in [0.1, 0.15) is 12.5 Å². The van der Waals surface area contributed by atoms with E-state index in [9.17, 15) is 14.7 Å². The Morgan fingerprint density at radius 1 is 1.23 bits per heavy atom. The number of anilines is 1. The standard InChI is InChI=1S/C18H15Cl2N3O3/c1-10(24)17(25)22-12-3-5-16-13(7-12)18(26)23(9-21-16)8-11-2-4-14(19)15(20)6-11/h2-7,9-10,24H,8H2,1H3,(H,22,25)/t10-/m0/s1. The molecule has 0 radical (unpaired) electrons. The molecule has 0 saturated heterocycles. The van der Waals surface area contributed by atoms with Crippen LogP contribution in [0.25, 0.3) is 10.9 Å². The molecular weight excluding hydrogens is 377 g/mol. The molecule has 134 valence electrons. The van der Waals surface area contributed by atoms with Crippen LogP contribution in [0.2, 0.25) is 10.0 Å². The van der Waals surface area contributed by atoms with E-state index in [0.29, 0.717) is 26.6 Å². The van der Waals surface area contributed by atoms with E-state index >= 15 is 0 Å². The quantitative estimate of drug-likeness (QED) is 0.715. The summed E-state index contributed by atoms with van der Waals surface area (Å²) in [6.07, 6.45) is 0.312. The summed E-state index contributed by atoms with van der Waals surface area (Å²) < 4.78 is 1.45. The predicted octanol–water partition coefficient (Wildman–Crippen LogP) is 3.07. The van der Waals surface area contributed by atoms with Gasteiger partial charge >= 0.3 is 0 Å². The summed E-state index contributed by atoms with van der Waals surface area (Å²) >= 11 is 11.9. The summed E-state index contributed by atoms with van der Waals surface area (Å²) in [5, 5.41) is 13.0. The Kier molecular flexibility index (Phi) is 5.27. The van der Waals surface area contributed by atoms with Crippen molar-refractivity contribution in [2.75, 3.05) is 5.32 Å². The van der Waals surface area contributed by atoms with Crippen LogP contribution < -0.4 is 10.9 Å². The van der Waals surface area contributed by atoms with Gasteiger partial charge in [-0.3, -0.25) is 14.2 Å². The number of amides is 1. The molecular formula is C18H15Cl2N3O3. The minimum absolute atomic E-state index is 0.255. The van der Waals surface area contributed by atoms with E-state index in [1.54, 1.807) is 30.3 Å². The van der Waals surface area contributed by atoms with Crippen molar-refractivity contribution < 1.29 is 9.90 Å². The predicted molar refractivity (Wildman–Crippen MR) is 102 cm³/mol. The number of hydrogen-bond acceptors (Lipinski definition) is 4. The van der Waals surface area contributed by atoms with E-state index in [1.807, 2.05) is 0 Å². The number of hydrogen-bond donors (Lipinski definition) is 2. The Labute approximate surface area is 159 Å². The number of carbonyl (C=O) groups excluding carboxylic acids is 1. The van der Waals surface area contributed by atoms with E-state index in [-0.39, 0.29) is 12.1 Å². The summed E-state index contributed by atoms with van der Waals surface area (Å²) in [5.74, 6) is -0.552. The molecule has 0 saturated carbocycles. The topological polar surface area (TPSA) is 84.2 Å². The van der Waals surface area contributed by atoms with E-state index in [0.717, 1.165) is 5.56 Å². The summed E-state index contributed by atoms with van der Waals surface area (Å²) in [7, 11) is 0. The van der Waals surface area contributed by atoms with Gasteiger partial charge in [0.2, 0.25) is 0 Å². The van der Waals surface area contributed by atoms with Crippen LogP contribution in [0, 0.1) is 0 Å². The fraction of sp³-hybridized carbons (Fsp3) is 0.167. The Balaban J connectivity index is 1.97. The molecule has 1 aromatic heterocycles. The molecule has 0 unspecified atom stereocenters. The third-order valence-electron chi connectivity index (χ3n) is 3.81. The van der Waals surface area contributed by atoms with Crippen LogP contribution in [0.15, 0.2) is 47.5 Å². The molecule has 1 atom stereocenters. The smallest absolute Gasteiger partial charge is 0.261 e. The molecule has 0 bridgehead atoms. The van der Waals surface area contributed by atoms with Crippen LogP contribution in [-0.4, -0.2) is 26.7 Å². The fourth-order valence-electron chi connectivity index (χ4n) is 2.43. The molecule has 26 heavy (non-hydrogen) atoms. The highest BCUT2D eigenvalue weighted by Gasteiger charge is 2.11. The Morgan fingerprint density at radius 3 is 2.69 bits per heavy atom. The third-order valence-corrected chi connectivity index (χ3v) is 4.55. The zero-order valence-electron chi connectivity index (χ0n) is 13.7. The third kappa shape index (κ3) is 3.88. The van der Waals surface area contributed by atoms with Crippen molar-refractivity contribution >= 4 is 45.7 Å². The first kappa shape index (κ1) is 18.4. The number of aliphatic hydroxyl groups excluding tert-OH is 1. The molecule has 0 fully saturated rings. The molecule has 0 aliphatic rings. The number of aliphatic hydroxyl groups is 1. The number of carbonyl (C=O) groups is 1. The average molecular weight is 392 g/mol. The molecule has 1 amide bonds. The number of aromatic nitrogens is 2. The van der Waals surface area contributed by atoms with Crippen molar-refractivity contribution in [3.05, 3.63) is 68.7 Å². The zero-order valence-corrected chi connectivity index (χ0v) is 15.3. The lowest BCUT2D eigenvalue weighted by atomic mass is 10.2. The summed E-state index contributed by atoms with van der Waals surface area (Å²) in [6, 6.07) is 9.94. The van der Waals surface area contributed by atoms with Crippen molar-refractivity contribution in [3.63, 3.8) is 0 Å². The maximum atomic E-state index is 12.8. The van der Waals surface area contributed by atoms with E-state index in [1.165, 1.54) is 23.9 Å². The summed E-state index contributed by atoms with van der Waals surface area (Å²) in [6.45, 7) is 1.64. The van der Waals surface area contributed by atoms with Crippen molar-refractivity contribution in [1.29, 1.82) is 0 Å². The van der Waals surface area contributed by atoms with Gasteiger partial charge in [0.1, 0.15) is 6.10 Å². The fourth-order valence-corrected chi connectivity index (χ4v) is 2.75. The SMILES string of the molecule is C[C@H](O)C(=O)Nc1ccc2ncn(Cc3ccc(Cl)c(Cl)c3)c(=O)c2c1. The summed E-state index contributed by atoms with van der Waals surface area (Å²) in [5.41, 5.74) is 1.47. The minimum atomic E-state index is -1.15. The van der Waals surface area contributed by atoms with Gasteiger partial charge in [0.25, 0.3) is 11.5 Å². The second-order valence-electron chi connectivity index (χ2n) is 5.82. The van der Waals surface area contributed by atoms with Gasteiger partial charge in [-0.2, -0.15) is 0 Å². The molecule has 3 aromatic rings. The van der Waals surface area contributed by atoms with Gasteiger partial charge in [-0.15, -0.1) is 0 Å². The van der Waals surface area contributed by atoms with Crippen LogP contribution in [0.3, 0.4) is 0 Å². The number of nitrogens with zero attached hydrogens (tertiary/aromatic N) is 2. The Bertz CT molecular complexity index is 1050. The van der Waals surface area contributed by atoms with Crippen molar-refractivity contribution in [3.8, 4) is 0 Å². The average Bonchev–Trinajstić information content (AvgIpc) is 2.61. The van der Waals surface area contributed by atoms with Crippen LogP contribution in [0.5, 0.6) is 0 Å². The zero-order chi connectivity index (χ0) is 18.8. The normalized spacial score (nSPS) is 12.2. The monoisotopic (exact) mass is 391 g/mol. The highest BCUT2D eigenvalue weighted by Crippen LogP contribution is 2.23. The Morgan fingerprint density at radius 2 is 2.00 bits per heavy atom. The first-order valence-corrected chi connectivity index (χ1v) is 8.53. The second kappa shape index (κ2) is 7.45. The first-order chi connectivity index (χ1) is 12.3. The van der Waals surface area contributed by atoms with E-state index < -0.39 is 12.0 Å². The lowest BCUT2D eigenvalue weighted by Gasteiger charge is -2.10. The van der Waals surface area contributed by atoms with Gasteiger partial charge < -0.3 is 10.4 Å². The molecule has 1 heterocycles. The lowest BCUT2D eigenvalue weighted by Crippen LogP contribution is -2.25. The molecule has 8 heteroatoms. The first-order valence-electron chi connectivity index (χ1n) is 7.77. The number of halogens is 2. The molecule has 2 N–H and O–H groups in total. The number of benzene rings is 2. The molecule has 0 aliphatic carbocycles. The maximum Gasteiger partial charge on any atom is 0.261 e. The maximum absolute atomic E-state index is 12.8. The molecule has 3 rings (SSSR count). The van der Waals surface area contributed by atoms with E-state index in [4.69, 9.17) is 23.2 Å². The van der Waals surface area contributed by atoms with Crippen LogP contribution in [-0.2, 0) is 11.3 Å². The molecule has 6 nitrogen and oxygen atoms in total. The van der Waals surface area contributed by atoms with Crippen molar-refractivity contribution in [2.24, 2.45) is 0 Å². The number of nitrogens with one attached hydrogen (secondary N) is 1. The summed E-state index contributed by atoms with van der Waals surface area (Å²) in [4.78, 5) is 28.7. The minimum Gasteiger partial charge on any atom is -0.384 e. The highest BCUT2D eigenvalue weighted by atomic mass is 35.5. The highest BCUT2D eigenvalue weighted by molar-refractivity contribution is 6.42. The van der Waals surface area contributed by atoms with Crippen molar-refractivity contribution in [1.82, 2.24) is 9.55 Å². The van der Waals surface area contributed by atoms with Crippen LogP contribution in [0.4, 0.5) is 5.69 Å². The molecule has 0 aliphatic heterocycles. The van der Waals surface area contributed by atoms with Gasteiger partial charge in [-0.05, 0) is 42.8 Å². The second-order valence-corrected chi connectivity index (χ2v) is 6.64. The van der Waals surface area contributed by atoms with E-state index in [2.05, 4.69) is 10.3 Å². The number of rotatable bonds is 4. The van der Waals surface area contributed by atoms with Crippen molar-refractivity contribution in [2.45, 2.75) is 19.6 Å². The lowest BCUT2D eigenvalue weighted by molar-refractivity contribution is -0.123. The largest absolute Gasteiger partial charge is 0.384 e. The van der Waals surface area contributed by atoms with Crippen LogP contribution >= 0.6 is 23.2 Å². The van der Waals surface area contributed by atoms with Gasteiger partial charge in [0.15, 0.2) is 0 Å².